The fourth-order valence-electron chi connectivity index (χ4n) is 3.44. The molecule has 0 spiro atoms. The van der Waals surface area contributed by atoms with Gasteiger partial charge in [-0.3, -0.25) is 9.58 Å². The molecule has 106 valence electrons. The number of rotatable bonds is 4. The van der Waals surface area contributed by atoms with Crippen LogP contribution in [-0.4, -0.2) is 39.4 Å². The summed E-state index contributed by atoms with van der Waals surface area (Å²) in [4.78, 5) is 2.70. The normalized spacial score (nSPS) is 28.2. The van der Waals surface area contributed by atoms with Crippen LogP contribution in [0.5, 0.6) is 0 Å². The highest BCUT2D eigenvalue weighted by atomic mass is 15.3. The molecule has 1 aromatic heterocycles. The third-order valence-corrected chi connectivity index (χ3v) is 4.87. The van der Waals surface area contributed by atoms with Crippen LogP contribution in [0.4, 0.5) is 0 Å². The minimum Gasteiger partial charge on any atom is -0.308 e. The predicted octanol–water partition coefficient (Wildman–Crippen LogP) is 1.75. The second-order valence-corrected chi connectivity index (χ2v) is 6.36. The van der Waals surface area contributed by atoms with Gasteiger partial charge in [0.2, 0.25) is 0 Å². The summed E-state index contributed by atoms with van der Waals surface area (Å²) in [7, 11) is 2.03. The van der Waals surface area contributed by atoms with Crippen LogP contribution in [0.3, 0.4) is 0 Å². The van der Waals surface area contributed by atoms with Crippen molar-refractivity contribution in [3.8, 4) is 0 Å². The number of nitrogens with zero attached hydrogens (tertiary/aromatic N) is 3. The first-order valence-electron chi connectivity index (χ1n) is 7.54. The molecule has 0 amide bonds. The molecule has 19 heavy (non-hydrogen) atoms. The summed E-state index contributed by atoms with van der Waals surface area (Å²) in [5.41, 5.74) is 3.83. The fraction of sp³-hybridized carbons (Fsp3) is 0.800. The van der Waals surface area contributed by atoms with Crippen molar-refractivity contribution in [1.82, 2.24) is 20.0 Å². The first-order chi connectivity index (χ1) is 9.06. The standard InChI is InChI=1S/C15H26N4/c1-10-7-13(9-19(10)14-5-6-14)16-8-15-11(2)17-18(4)12(15)3/h10,13-14,16H,5-9H2,1-4H3. The topological polar surface area (TPSA) is 33.1 Å². The summed E-state index contributed by atoms with van der Waals surface area (Å²) >= 11 is 0. The van der Waals surface area contributed by atoms with Gasteiger partial charge in [-0.25, -0.2) is 0 Å². The summed E-state index contributed by atoms with van der Waals surface area (Å²) in [6, 6.07) is 2.29. The van der Waals surface area contributed by atoms with Gasteiger partial charge in [0, 0.05) is 49.5 Å². The van der Waals surface area contributed by atoms with Gasteiger partial charge in [-0.15, -0.1) is 0 Å². The van der Waals surface area contributed by atoms with E-state index in [4.69, 9.17) is 0 Å². The van der Waals surface area contributed by atoms with Crippen LogP contribution in [0.15, 0.2) is 0 Å². The van der Waals surface area contributed by atoms with E-state index in [1.165, 1.54) is 37.1 Å². The lowest BCUT2D eigenvalue weighted by molar-refractivity contribution is 0.255. The monoisotopic (exact) mass is 262 g/mol. The Morgan fingerprint density at radius 2 is 2.05 bits per heavy atom. The molecule has 0 bridgehead atoms. The largest absolute Gasteiger partial charge is 0.308 e. The first-order valence-corrected chi connectivity index (χ1v) is 7.54. The van der Waals surface area contributed by atoms with E-state index in [-0.39, 0.29) is 0 Å². The Morgan fingerprint density at radius 1 is 1.32 bits per heavy atom. The second-order valence-electron chi connectivity index (χ2n) is 6.36. The maximum atomic E-state index is 4.49. The Morgan fingerprint density at radius 3 is 2.63 bits per heavy atom. The van der Waals surface area contributed by atoms with Gasteiger partial charge >= 0.3 is 0 Å². The van der Waals surface area contributed by atoms with Crippen molar-refractivity contribution in [3.05, 3.63) is 17.0 Å². The van der Waals surface area contributed by atoms with Crippen LogP contribution >= 0.6 is 0 Å². The lowest BCUT2D eigenvalue weighted by Crippen LogP contribution is -2.34. The third-order valence-electron chi connectivity index (χ3n) is 4.87. The van der Waals surface area contributed by atoms with E-state index >= 15 is 0 Å². The van der Waals surface area contributed by atoms with Crippen molar-refractivity contribution in [2.24, 2.45) is 7.05 Å². The molecule has 1 aliphatic heterocycles. The zero-order valence-electron chi connectivity index (χ0n) is 12.6. The molecule has 2 fully saturated rings. The molecule has 0 radical (unpaired) electrons. The number of hydrogen-bond acceptors (Lipinski definition) is 3. The Hall–Kier alpha value is -0.870. The van der Waals surface area contributed by atoms with Crippen LogP contribution in [0.25, 0.3) is 0 Å². The van der Waals surface area contributed by atoms with Crippen LogP contribution < -0.4 is 5.32 Å². The SMILES string of the molecule is Cc1nn(C)c(C)c1CNC1CC(C)N(C2CC2)C1. The average Bonchev–Trinajstić information content (AvgIpc) is 3.08. The lowest BCUT2D eigenvalue weighted by Gasteiger charge is -2.19. The molecule has 2 unspecified atom stereocenters. The van der Waals surface area contributed by atoms with Gasteiger partial charge in [-0.1, -0.05) is 0 Å². The predicted molar refractivity (Wildman–Crippen MR) is 77.1 cm³/mol. The Balaban J connectivity index is 1.58. The molecular weight excluding hydrogens is 236 g/mol. The highest BCUT2D eigenvalue weighted by molar-refractivity contribution is 5.24. The minimum atomic E-state index is 0.648. The number of nitrogens with one attached hydrogen (secondary N) is 1. The van der Waals surface area contributed by atoms with Crippen LogP contribution in [0.1, 0.15) is 43.1 Å². The van der Waals surface area contributed by atoms with Gasteiger partial charge in [0.1, 0.15) is 0 Å². The molecule has 4 heteroatoms. The zero-order valence-corrected chi connectivity index (χ0v) is 12.6. The molecule has 1 N–H and O–H groups in total. The molecule has 1 aliphatic carbocycles. The maximum absolute atomic E-state index is 4.49. The zero-order chi connectivity index (χ0) is 13.6. The Labute approximate surface area is 116 Å². The lowest BCUT2D eigenvalue weighted by atomic mass is 10.1. The van der Waals surface area contributed by atoms with E-state index in [0.717, 1.165) is 24.3 Å². The van der Waals surface area contributed by atoms with E-state index in [9.17, 15) is 0 Å². The summed E-state index contributed by atoms with van der Waals surface area (Å²) in [5, 5.41) is 8.23. The molecule has 2 aliphatic rings. The van der Waals surface area contributed by atoms with Gasteiger partial charge in [-0.05, 0) is 40.0 Å². The molecule has 2 heterocycles. The van der Waals surface area contributed by atoms with Gasteiger partial charge in [0.05, 0.1) is 5.69 Å². The smallest absolute Gasteiger partial charge is 0.0641 e. The summed E-state index contributed by atoms with van der Waals surface area (Å²) in [5.74, 6) is 0. The Bertz CT molecular complexity index is 461. The number of aromatic nitrogens is 2. The molecule has 2 atom stereocenters. The summed E-state index contributed by atoms with van der Waals surface area (Å²) in [6.45, 7) is 8.83. The third kappa shape index (κ3) is 2.56. The van der Waals surface area contributed by atoms with Crippen LogP contribution in [-0.2, 0) is 13.6 Å². The molecule has 4 nitrogen and oxygen atoms in total. The van der Waals surface area contributed by atoms with E-state index in [1.807, 2.05) is 11.7 Å². The maximum Gasteiger partial charge on any atom is 0.0641 e. The van der Waals surface area contributed by atoms with Crippen molar-refractivity contribution in [3.63, 3.8) is 0 Å². The Kier molecular flexibility index (Phi) is 3.39. The summed E-state index contributed by atoms with van der Waals surface area (Å²) in [6.07, 6.45) is 4.12. The highest BCUT2D eigenvalue weighted by Crippen LogP contribution is 2.33. The molecule has 1 saturated heterocycles. The number of likely N-dealkylation sites (tertiary alicyclic amines) is 1. The molecular formula is C15H26N4. The first kappa shape index (κ1) is 13.1. The molecule has 1 aromatic rings. The number of aryl methyl sites for hydroxylation is 2. The van der Waals surface area contributed by atoms with Crippen LogP contribution in [0.2, 0.25) is 0 Å². The van der Waals surface area contributed by atoms with Gasteiger partial charge in [-0.2, -0.15) is 5.10 Å². The van der Waals surface area contributed by atoms with Gasteiger partial charge in [0.25, 0.3) is 0 Å². The van der Waals surface area contributed by atoms with E-state index in [2.05, 4.69) is 36.1 Å². The van der Waals surface area contributed by atoms with E-state index in [0.29, 0.717) is 6.04 Å². The highest BCUT2D eigenvalue weighted by Gasteiger charge is 2.38. The second kappa shape index (κ2) is 4.91. The fourth-order valence-corrected chi connectivity index (χ4v) is 3.44. The number of hydrogen-bond donors (Lipinski definition) is 1. The van der Waals surface area contributed by atoms with Crippen molar-refractivity contribution in [2.45, 2.75) is 64.7 Å². The van der Waals surface area contributed by atoms with Crippen molar-refractivity contribution in [2.75, 3.05) is 6.54 Å². The molecule has 0 aromatic carbocycles. The van der Waals surface area contributed by atoms with Gasteiger partial charge in [0.15, 0.2) is 0 Å². The molecule has 3 rings (SSSR count). The van der Waals surface area contributed by atoms with Crippen molar-refractivity contribution >= 4 is 0 Å². The average molecular weight is 262 g/mol. The van der Waals surface area contributed by atoms with Gasteiger partial charge < -0.3 is 5.32 Å². The van der Waals surface area contributed by atoms with Crippen molar-refractivity contribution in [1.29, 1.82) is 0 Å². The molecule has 1 saturated carbocycles. The summed E-state index contributed by atoms with van der Waals surface area (Å²) < 4.78 is 1.99. The minimum absolute atomic E-state index is 0.648. The van der Waals surface area contributed by atoms with Crippen molar-refractivity contribution < 1.29 is 0 Å². The van der Waals surface area contributed by atoms with E-state index in [1.54, 1.807) is 0 Å². The quantitative estimate of drug-likeness (QED) is 0.897. The van der Waals surface area contributed by atoms with E-state index < -0.39 is 0 Å². The van der Waals surface area contributed by atoms with Crippen LogP contribution in [0, 0.1) is 13.8 Å².